The molecule has 1 aliphatic heterocycles. The van der Waals surface area contributed by atoms with E-state index in [9.17, 15) is 9.59 Å². The second kappa shape index (κ2) is 8.04. The van der Waals surface area contributed by atoms with Crippen molar-refractivity contribution < 1.29 is 9.59 Å². The molecule has 0 aromatic carbocycles. The van der Waals surface area contributed by atoms with Crippen LogP contribution in [-0.2, 0) is 16.1 Å². The summed E-state index contributed by atoms with van der Waals surface area (Å²) in [5, 5.41) is 2.83. The molecule has 9 heteroatoms. The van der Waals surface area contributed by atoms with Crippen molar-refractivity contribution in [2.45, 2.75) is 38.6 Å². The molecule has 1 aliphatic rings. The molecule has 0 saturated carbocycles. The Hall–Kier alpha value is -3.20. The summed E-state index contributed by atoms with van der Waals surface area (Å²) < 4.78 is 1.98. The van der Waals surface area contributed by atoms with Crippen LogP contribution in [-0.4, -0.2) is 50.1 Å². The van der Waals surface area contributed by atoms with Crippen molar-refractivity contribution in [3.8, 4) is 0 Å². The average molecular weight is 393 g/mol. The number of rotatable bonds is 7. The van der Waals surface area contributed by atoms with Crippen LogP contribution in [0, 0.1) is 0 Å². The molecule has 29 heavy (non-hydrogen) atoms. The predicted molar refractivity (Wildman–Crippen MR) is 110 cm³/mol. The maximum atomic E-state index is 12.2. The number of imidazole rings is 1. The van der Waals surface area contributed by atoms with Gasteiger partial charge in [0.15, 0.2) is 0 Å². The summed E-state index contributed by atoms with van der Waals surface area (Å²) in [4.78, 5) is 41.0. The Morgan fingerprint density at radius 3 is 2.93 bits per heavy atom. The largest absolute Gasteiger partial charge is 0.349 e. The Kier molecular flexibility index (Phi) is 5.30. The highest BCUT2D eigenvalue weighted by Crippen LogP contribution is 2.29. The van der Waals surface area contributed by atoms with Gasteiger partial charge in [-0.3, -0.25) is 14.6 Å². The smallest absolute Gasteiger partial charge is 0.265 e. The number of hydrogen-bond acceptors (Lipinski definition) is 6. The van der Waals surface area contributed by atoms with E-state index in [0.29, 0.717) is 38.2 Å². The fourth-order valence-electron chi connectivity index (χ4n) is 3.61. The van der Waals surface area contributed by atoms with Crippen molar-refractivity contribution in [2.24, 2.45) is 10.7 Å². The molecule has 3 aromatic rings. The lowest BCUT2D eigenvalue weighted by molar-refractivity contribution is -0.117. The van der Waals surface area contributed by atoms with Crippen molar-refractivity contribution in [1.82, 2.24) is 24.8 Å². The summed E-state index contributed by atoms with van der Waals surface area (Å²) in [6.45, 7) is 3.58. The first-order chi connectivity index (χ1) is 14.1. The lowest BCUT2D eigenvalue weighted by atomic mass is 10.0. The highest BCUT2D eigenvalue weighted by molar-refractivity contribution is 6.42. The van der Waals surface area contributed by atoms with E-state index in [4.69, 9.17) is 10.7 Å². The number of nitrogens with two attached hydrogens (primary N) is 1. The normalized spacial score (nSPS) is 15.1. The molecule has 4 heterocycles. The lowest BCUT2D eigenvalue weighted by Gasteiger charge is -2.13. The van der Waals surface area contributed by atoms with Crippen LogP contribution in [0.2, 0.25) is 0 Å². The lowest BCUT2D eigenvalue weighted by Crippen LogP contribution is -2.32. The maximum Gasteiger partial charge on any atom is 0.265 e. The SMILES string of the molecule is CC(CCN)c1nc2cccnc2c2c1ncn2CCNC(=O)C1=NC(=O)CC1. The van der Waals surface area contributed by atoms with E-state index in [1.165, 1.54) is 0 Å². The molecule has 4 rings (SSSR count). The van der Waals surface area contributed by atoms with Crippen LogP contribution in [0.4, 0.5) is 0 Å². The second-order valence-corrected chi connectivity index (χ2v) is 7.19. The Bertz CT molecular complexity index is 1120. The third kappa shape index (κ3) is 3.73. The van der Waals surface area contributed by atoms with Gasteiger partial charge in [0.25, 0.3) is 5.91 Å². The van der Waals surface area contributed by atoms with Gasteiger partial charge >= 0.3 is 0 Å². The predicted octanol–water partition coefficient (Wildman–Crippen LogP) is 1.31. The number of aliphatic imine (C=N–C) groups is 1. The van der Waals surface area contributed by atoms with E-state index >= 15 is 0 Å². The molecule has 2 amide bonds. The molecular weight excluding hydrogens is 370 g/mol. The van der Waals surface area contributed by atoms with Crippen LogP contribution >= 0.6 is 0 Å². The van der Waals surface area contributed by atoms with Crippen LogP contribution in [0.3, 0.4) is 0 Å². The molecule has 0 radical (unpaired) electrons. The van der Waals surface area contributed by atoms with Gasteiger partial charge in [-0.05, 0) is 25.1 Å². The van der Waals surface area contributed by atoms with E-state index in [1.807, 2.05) is 16.7 Å². The molecule has 1 atom stereocenters. The van der Waals surface area contributed by atoms with Crippen molar-refractivity contribution in [3.05, 3.63) is 30.4 Å². The molecule has 0 aliphatic carbocycles. The number of nitrogens with one attached hydrogen (secondary N) is 1. The number of pyridine rings is 2. The van der Waals surface area contributed by atoms with Gasteiger partial charge in [-0.15, -0.1) is 0 Å². The zero-order chi connectivity index (χ0) is 20.4. The maximum absolute atomic E-state index is 12.2. The Morgan fingerprint density at radius 1 is 1.31 bits per heavy atom. The Morgan fingerprint density at radius 2 is 2.17 bits per heavy atom. The minimum absolute atomic E-state index is 0.174. The topological polar surface area (TPSA) is 128 Å². The molecule has 3 N–H and O–H groups in total. The highest BCUT2D eigenvalue weighted by atomic mass is 16.2. The van der Waals surface area contributed by atoms with Gasteiger partial charge in [-0.2, -0.15) is 0 Å². The van der Waals surface area contributed by atoms with Crippen molar-refractivity contribution in [2.75, 3.05) is 13.1 Å². The molecule has 0 fully saturated rings. The quantitative estimate of drug-likeness (QED) is 0.623. The van der Waals surface area contributed by atoms with E-state index in [-0.39, 0.29) is 17.7 Å². The number of aromatic nitrogens is 4. The summed E-state index contributed by atoms with van der Waals surface area (Å²) in [5.41, 5.74) is 10.3. The first-order valence-electron chi connectivity index (χ1n) is 9.76. The molecule has 0 spiro atoms. The zero-order valence-corrected chi connectivity index (χ0v) is 16.3. The number of carbonyl (C=O) groups is 2. The van der Waals surface area contributed by atoms with Gasteiger partial charge in [0.1, 0.15) is 16.7 Å². The number of nitrogens with zero attached hydrogens (tertiary/aromatic N) is 5. The van der Waals surface area contributed by atoms with E-state index in [0.717, 1.165) is 34.2 Å². The van der Waals surface area contributed by atoms with Gasteiger partial charge in [-0.25, -0.2) is 15.0 Å². The third-order valence-corrected chi connectivity index (χ3v) is 5.13. The second-order valence-electron chi connectivity index (χ2n) is 7.19. The highest BCUT2D eigenvalue weighted by Gasteiger charge is 2.21. The van der Waals surface area contributed by atoms with E-state index in [2.05, 4.69) is 27.2 Å². The van der Waals surface area contributed by atoms with Crippen LogP contribution in [0.15, 0.2) is 29.6 Å². The molecule has 9 nitrogen and oxygen atoms in total. The first-order valence-corrected chi connectivity index (χ1v) is 9.76. The first kappa shape index (κ1) is 19.1. The monoisotopic (exact) mass is 393 g/mol. The molecular formula is C20H23N7O2. The summed E-state index contributed by atoms with van der Waals surface area (Å²) in [6, 6.07) is 3.80. The molecule has 1 unspecified atom stereocenters. The molecule has 0 saturated heterocycles. The molecule has 3 aromatic heterocycles. The van der Waals surface area contributed by atoms with Crippen LogP contribution in [0.1, 0.15) is 37.8 Å². The third-order valence-electron chi connectivity index (χ3n) is 5.13. The number of fused-ring (bicyclic) bond motifs is 3. The average Bonchev–Trinajstić information content (AvgIpc) is 3.34. The molecule has 0 bridgehead atoms. The summed E-state index contributed by atoms with van der Waals surface area (Å²) in [7, 11) is 0. The number of carbonyl (C=O) groups excluding carboxylic acids is 2. The van der Waals surface area contributed by atoms with Gasteiger partial charge in [-0.1, -0.05) is 6.92 Å². The van der Waals surface area contributed by atoms with E-state index in [1.54, 1.807) is 12.5 Å². The Balaban J connectivity index is 1.62. The zero-order valence-electron chi connectivity index (χ0n) is 16.3. The van der Waals surface area contributed by atoms with Gasteiger partial charge in [0, 0.05) is 38.0 Å². The standard InChI is InChI=1S/C20H23N7O2/c1-12(6-7-21)16-18-19(17-13(26-16)3-2-8-22-17)27(11-24-18)10-9-23-20(29)14-4-5-15(28)25-14/h2-3,8,11-12H,4-7,9-10,21H2,1H3,(H,23,29). The van der Waals surface area contributed by atoms with Gasteiger partial charge < -0.3 is 15.6 Å². The Labute approximate surface area is 167 Å². The minimum Gasteiger partial charge on any atom is -0.349 e. The van der Waals surface area contributed by atoms with Crippen LogP contribution in [0.5, 0.6) is 0 Å². The fourth-order valence-corrected chi connectivity index (χ4v) is 3.61. The number of hydrogen-bond donors (Lipinski definition) is 2. The van der Waals surface area contributed by atoms with Gasteiger partial charge in [0.05, 0.1) is 23.1 Å². The summed E-state index contributed by atoms with van der Waals surface area (Å²) in [6.07, 6.45) is 5.02. The van der Waals surface area contributed by atoms with Crippen LogP contribution < -0.4 is 11.1 Å². The van der Waals surface area contributed by atoms with Gasteiger partial charge in [0.2, 0.25) is 5.91 Å². The van der Waals surface area contributed by atoms with E-state index < -0.39 is 0 Å². The fraction of sp³-hybridized carbons (Fsp3) is 0.400. The molecule has 150 valence electrons. The summed E-state index contributed by atoms with van der Waals surface area (Å²) >= 11 is 0. The van der Waals surface area contributed by atoms with Crippen molar-refractivity contribution in [1.29, 1.82) is 0 Å². The minimum atomic E-state index is -0.290. The summed E-state index contributed by atoms with van der Waals surface area (Å²) in [5.74, 6) is -0.352. The van der Waals surface area contributed by atoms with Crippen molar-refractivity contribution in [3.63, 3.8) is 0 Å². The van der Waals surface area contributed by atoms with Crippen LogP contribution in [0.25, 0.3) is 22.1 Å². The van der Waals surface area contributed by atoms with Crippen molar-refractivity contribution >= 4 is 39.6 Å². The number of amides is 2.